The monoisotopic (exact) mass is 806 g/mol. The largest absolute Gasteiger partial charge is 0.497 e. The van der Waals surface area contributed by atoms with Gasteiger partial charge in [0.05, 0.1) is 39.0 Å². The summed E-state index contributed by atoms with van der Waals surface area (Å²) in [7, 11) is 2.21. The lowest BCUT2D eigenvalue weighted by atomic mass is 9.74. The summed E-state index contributed by atoms with van der Waals surface area (Å²) in [4.78, 5) is 29.3. The average Bonchev–Trinajstić information content (AvgIpc) is 3.73. The molecular formula is C44H63N4O6PS. The van der Waals surface area contributed by atoms with E-state index in [1.807, 2.05) is 54.2 Å². The number of nitrogens with zero attached hydrogens (tertiary/aromatic N) is 2. The standard InChI is InChI=1S/C44H63N4O6PS/c1-31(2)48(32(3)4)55(54-33(5)6)53-29-14-10-13-28-45-41(49)19-15-18-40-42-39(30-56-40)47(43(50)46-42)44(34-16-11-9-12-17-34,35-20-24-37(51-7)25-21-35)36-22-26-38(52-8)27-23-36/h9,11-12,16-17,20-27,31-33,39-40,42H,10,13-15,18-19,28-30H2,1-8H3,(H,45,49)(H,46,50). The Morgan fingerprint density at radius 3 is 2.00 bits per heavy atom. The van der Waals surface area contributed by atoms with E-state index in [-0.39, 0.29) is 35.4 Å². The van der Waals surface area contributed by atoms with Crippen LogP contribution in [0.3, 0.4) is 0 Å². The highest BCUT2D eigenvalue weighted by Gasteiger charge is 2.57. The molecule has 2 N–H and O–H groups in total. The number of fused-ring (bicyclic) bond motifs is 1. The van der Waals surface area contributed by atoms with Crippen LogP contribution in [0.5, 0.6) is 11.5 Å². The highest BCUT2D eigenvalue weighted by Crippen LogP contribution is 2.50. The third-order valence-electron chi connectivity index (χ3n) is 10.5. The maximum atomic E-state index is 14.4. The predicted octanol–water partition coefficient (Wildman–Crippen LogP) is 9.12. The van der Waals surface area contributed by atoms with Gasteiger partial charge in [0.1, 0.15) is 17.0 Å². The third kappa shape index (κ3) is 10.4. The zero-order valence-electron chi connectivity index (χ0n) is 34.5. The average molecular weight is 807 g/mol. The fourth-order valence-corrected chi connectivity index (χ4v) is 11.3. The summed E-state index contributed by atoms with van der Waals surface area (Å²) in [5.41, 5.74) is 2.02. The molecule has 306 valence electrons. The first kappa shape index (κ1) is 43.8. The molecule has 2 aliphatic heterocycles. The van der Waals surface area contributed by atoms with E-state index >= 15 is 0 Å². The van der Waals surface area contributed by atoms with Crippen molar-refractivity contribution in [3.8, 4) is 11.5 Å². The zero-order valence-corrected chi connectivity index (χ0v) is 36.2. The molecule has 12 heteroatoms. The van der Waals surface area contributed by atoms with Crippen LogP contribution in [0.25, 0.3) is 0 Å². The van der Waals surface area contributed by atoms with Gasteiger partial charge in [0, 0.05) is 36.1 Å². The lowest BCUT2D eigenvalue weighted by Crippen LogP contribution is -2.53. The zero-order chi connectivity index (χ0) is 40.2. The van der Waals surface area contributed by atoms with Crippen LogP contribution in [0, 0.1) is 0 Å². The normalized spacial score (nSPS) is 18.8. The minimum atomic E-state index is -1.11. The van der Waals surface area contributed by atoms with Gasteiger partial charge in [-0.2, -0.15) is 11.8 Å². The lowest BCUT2D eigenvalue weighted by molar-refractivity contribution is -0.121. The molecule has 3 aromatic carbocycles. The van der Waals surface area contributed by atoms with Crippen molar-refractivity contribution in [2.45, 2.75) is 121 Å². The molecule has 2 heterocycles. The topological polar surface area (TPSA) is 102 Å². The molecule has 2 fully saturated rings. The number of urea groups is 1. The molecule has 0 saturated carbocycles. The first-order valence-corrected chi connectivity index (χ1v) is 22.4. The van der Waals surface area contributed by atoms with E-state index in [1.54, 1.807) is 14.2 Å². The van der Waals surface area contributed by atoms with Gasteiger partial charge in [0.25, 0.3) is 8.53 Å². The number of carbonyl (C=O) groups is 2. The second kappa shape index (κ2) is 20.9. The minimum absolute atomic E-state index is 0.0440. The van der Waals surface area contributed by atoms with E-state index in [0.29, 0.717) is 31.7 Å². The minimum Gasteiger partial charge on any atom is -0.497 e. The molecule has 0 spiro atoms. The quantitative estimate of drug-likeness (QED) is 0.0449. The predicted molar refractivity (Wildman–Crippen MR) is 228 cm³/mol. The van der Waals surface area contributed by atoms with E-state index in [9.17, 15) is 9.59 Å². The number of ether oxygens (including phenoxy) is 2. The van der Waals surface area contributed by atoms with Gasteiger partial charge in [-0.1, -0.05) is 54.6 Å². The number of carbonyl (C=O) groups excluding carboxylic acids is 2. The maximum Gasteiger partial charge on any atom is 0.319 e. The van der Waals surface area contributed by atoms with Gasteiger partial charge in [-0.25, -0.2) is 9.46 Å². The molecule has 10 nitrogen and oxygen atoms in total. The SMILES string of the molecule is COc1ccc(C(c2ccccc2)(c2ccc(OC)cc2)N2C(=O)NC3C(CCCC(=O)NCCCCCOP(OC(C)C)N(C(C)C)C(C)C)SCC32)cc1. The molecular weight excluding hydrogens is 744 g/mol. The van der Waals surface area contributed by atoms with E-state index < -0.39 is 14.1 Å². The van der Waals surface area contributed by atoms with E-state index in [4.69, 9.17) is 18.5 Å². The summed E-state index contributed by atoms with van der Waals surface area (Å²) in [5.74, 6) is 2.38. The van der Waals surface area contributed by atoms with Gasteiger partial charge in [0.2, 0.25) is 5.91 Å². The van der Waals surface area contributed by atoms with Crippen molar-refractivity contribution >= 4 is 32.2 Å². The van der Waals surface area contributed by atoms with Crippen LogP contribution < -0.4 is 20.1 Å². The van der Waals surface area contributed by atoms with Gasteiger partial charge in [0.15, 0.2) is 0 Å². The Morgan fingerprint density at radius 2 is 1.45 bits per heavy atom. The summed E-state index contributed by atoms with van der Waals surface area (Å²) in [6.07, 6.45) is 4.99. The first-order chi connectivity index (χ1) is 27.0. The van der Waals surface area contributed by atoms with Crippen molar-refractivity contribution < 1.29 is 28.1 Å². The van der Waals surface area contributed by atoms with E-state index in [2.05, 4.69) is 98.1 Å². The van der Waals surface area contributed by atoms with Crippen molar-refractivity contribution in [3.05, 3.63) is 95.6 Å². The summed E-state index contributed by atoms with van der Waals surface area (Å²) in [6, 6.07) is 26.9. The Kier molecular flexibility index (Phi) is 16.3. The Bertz CT molecular complexity index is 1610. The van der Waals surface area contributed by atoms with Crippen LogP contribution in [-0.2, 0) is 19.4 Å². The van der Waals surface area contributed by atoms with Crippen LogP contribution >= 0.6 is 20.3 Å². The van der Waals surface area contributed by atoms with Crippen LogP contribution in [0.2, 0.25) is 0 Å². The molecule has 3 aromatic rings. The fourth-order valence-electron chi connectivity index (χ4n) is 8.02. The van der Waals surface area contributed by atoms with Crippen LogP contribution in [-0.4, -0.2) is 90.2 Å². The Morgan fingerprint density at radius 1 is 0.857 bits per heavy atom. The number of methoxy groups -OCH3 is 2. The molecule has 4 atom stereocenters. The van der Waals surface area contributed by atoms with E-state index in [1.165, 1.54) is 0 Å². The van der Waals surface area contributed by atoms with Crippen LogP contribution in [0.4, 0.5) is 4.79 Å². The number of rotatable bonds is 22. The summed E-state index contributed by atoms with van der Waals surface area (Å²) in [6.45, 7) is 14.1. The third-order valence-corrected chi connectivity index (χ3v) is 14.3. The van der Waals surface area contributed by atoms with Crippen molar-refractivity contribution in [2.75, 3.05) is 33.1 Å². The number of thioether (sulfide) groups is 1. The second-order valence-electron chi connectivity index (χ2n) is 15.4. The highest BCUT2D eigenvalue weighted by atomic mass is 32.2. The fraction of sp³-hybridized carbons (Fsp3) is 0.545. The number of hydrogen-bond acceptors (Lipinski definition) is 8. The van der Waals surface area contributed by atoms with Gasteiger partial charge in [-0.05, 0) is 115 Å². The lowest BCUT2D eigenvalue weighted by Gasteiger charge is -2.45. The smallest absolute Gasteiger partial charge is 0.319 e. The van der Waals surface area contributed by atoms with E-state index in [0.717, 1.165) is 66.0 Å². The maximum absolute atomic E-state index is 14.4. The van der Waals surface area contributed by atoms with Gasteiger partial charge >= 0.3 is 6.03 Å². The van der Waals surface area contributed by atoms with Gasteiger partial charge in [-0.3, -0.25) is 4.79 Å². The molecule has 3 amide bonds. The van der Waals surface area contributed by atoms with Crippen molar-refractivity contribution in [1.82, 2.24) is 20.2 Å². The van der Waals surface area contributed by atoms with Crippen molar-refractivity contribution in [1.29, 1.82) is 0 Å². The Labute approximate surface area is 340 Å². The van der Waals surface area contributed by atoms with Gasteiger partial charge < -0.3 is 34.1 Å². The Hall–Kier alpha value is -3.34. The summed E-state index contributed by atoms with van der Waals surface area (Å²) < 4.78 is 25.8. The van der Waals surface area contributed by atoms with Crippen LogP contribution in [0.15, 0.2) is 78.9 Å². The summed E-state index contributed by atoms with van der Waals surface area (Å²) >= 11 is 1.89. The first-order valence-electron chi connectivity index (χ1n) is 20.2. The number of amides is 3. The number of benzene rings is 3. The molecule has 56 heavy (non-hydrogen) atoms. The van der Waals surface area contributed by atoms with Crippen molar-refractivity contribution in [2.24, 2.45) is 0 Å². The summed E-state index contributed by atoms with van der Waals surface area (Å²) in [5, 5.41) is 6.73. The molecule has 5 rings (SSSR count). The molecule has 0 radical (unpaired) electrons. The van der Waals surface area contributed by atoms with Crippen molar-refractivity contribution in [3.63, 3.8) is 0 Å². The molecule has 2 aliphatic rings. The molecule has 2 saturated heterocycles. The highest BCUT2D eigenvalue weighted by molar-refractivity contribution is 8.00. The second-order valence-corrected chi connectivity index (χ2v) is 18.1. The molecule has 0 aromatic heterocycles. The Balaban J connectivity index is 1.18. The molecule has 4 unspecified atom stereocenters. The number of nitrogens with one attached hydrogen (secondary N) is 2. The number of unbranched alkanes of at least 4 members (excludes halogenated alkanes) is 2. The van der Waals surface area contributed by atoms with Crippen LogP contribution in [0.1, 0.15) is 96.8 Å². The molecule has 0 aliphatic carbocycles. The van der Waals surface area contributed by atoms with Gasteiger partial charge in [-0.15, -0.1) is 0 Å². The molecule has 0 bridgehead atoms. The number of hydrogen-bond donors (Lipinski definition) is 2.